The van der Waals surface area contributed by atoms with Gasteiger partial charge in [0.05, 0.1) is 6.54 Å². The van der Waals surface area contributed by atoms with Crippen molar-refractivity contribution >= 4 is 17.5 Å². The Labute approximate surface area is 142 Å². The van der Waals surface area contributed by atoms with Crippen LogP contribution in [0.5, 0.6) is 0 Å². The minimum Gasteiger partial charge on any atom is -0.386 e. The number of nitrogens with two attached hydrogens (primary N) is 1. The first-order valence-electron chi connectivity index (χ1n) is 7.14. The molecule has 1 heterocycles. The van der Waals surface area contributed by atoms with Gasteiger partial charge in [0, 0.05) is 16.1 Å². The molecule has 0 radical (unpaired) electrons. The molecule has 3 rings (SSSR count). The standard InChI is InChI=1S/C16H14ClN5O2/c17-13-7-5-10(6-8-13)14(23)9-22-20-16(19-21-22)12-3-1-11(2-4-12)15(18)24/h1-8,14,23H,9H2,(H2,18,24). The number of aromatic nitrogens is 4. The Morgan fingerprint density at radius 3 is 2.46 bits per heavy atom. The molecule has 8 heteroatoms. The van der Waals surface area contributed by atoms with Gasteiger partial charge >= 0.3 is 0 Å². The number of halogens is 1. The van der Waals surface area contributed by atoms with E-state index in [4.69, 9.17) is 17.3 Å². The average Bonchev–Trinajstić information content (AvgIpc) is 3.04. The Balaban J connectivity index is 1.73. The van der Waals surface area contributed by atoms with Gasteiger partial charge in [0.25, 0.3) is 0 Å². The van der Waals surface area contributed by atoms with Gasteiger partial charge in [-0.3, -0.25) is 4.79 Å². The predicted octanol–water partition coefficient (Wildman–Crippen LogP) is 1.83. The lowest BCUT2D eigenvalue weighted by molar-refractivity contribution is 0.1000. The van der Waals surface area contributed by atoms with Crippen LogP contribution in [-0.2, 0) is 6.54 Å². The average molecular weight is 344 g/mol. The molecular formula is C16H14ClN5O2. The van der Waals surface area contributed by atoms with E-state index in [2.05, 4.69) is 15.4 Å². The number of primary amides is 1. The van der Waals surface area contributed by atoms with E-state index in [0.29, 0.717) is 27.5 Å². The Bertz CT molecular complexity index is 846. The van der Waals surface area contributed by atoms with Gasteiger partial charge in [-0.05, 0) is 35.0 Å². The zero-order chi connectivity index (χ0) is 17.1. The molecule has 0 aliphatic rings. The van der Waals surface area contributed by atoms with E-state index in [0.717, 1.165) is 0 Å². The number of hydrogen-bond acceptors (Lipinski definition) is 5. The van der Waals surface area contributed by atoms with Crippen LogP contribution in [0.25, 0.3) is 11.4 Å². The molecule has 3 aromatic rings. The summed E-state index contributed by atoms with van der Waals surface area (Å²) in [7, 11) is 0. The summed E-state index contributed by atoms with van der Waals surface area (Å²) >= 11 is 5.83. The fourth-order valence-corrected chi connectivity index (χ4v) is 2.29. The van der Waals surface area contributed by atoms with Crippen LogP contribution in [0.2, 0.25) is 5.02 Å². The largest absolute Gasteiger partial charge is 0.386 e. The topological polar surface area (TPSA) is 107 Å². The normalized spacial score (nSPS) is 12.1. The number of nitrogens with zero attached hydrogens (tertiary/aromatic N) is 4. The number of tetrazole rings is 1. The molecule has 122 valence electrons. The SMILES string of the molecule is NC(=O)c1ccc(-c2nnn(CC(O)c3ccc(Cl)cc3)n2)cc1. The molecule has 0 spiro atoms. The molecular weight excluding hydrogens is 330 g/mol. The second-order valence-corrected chi connectivity index (χ2v) is 5.61. The fourth-order valence-electron chi connectivity index (χ4n) is 2.16. The number of rotatable bonds is 5. The number of carbonyl (C=O) groups is 1. The monoisotopic (exact) mass is 343 g/mol. The summed E-state index contributed by atoms with van der Waals surface area (Å²) < 4.78 is 0. The van der Waals surface area contributed by atoms with Gasteiger partial charge < -0.3 is 10.8 Å². The molecule has 3 N–H and O–H groups in total. The van der Waals surface area contributed by atoms with E-state index in [-0.39, 0.29) is 6.54 Å². The third-order valence-corrected chi connectivity index (χ3v) is 3.72. The number of aliphatic hydroxyl groups excluding tert-OH is 1. The Kier molecular flexibility index (Phi) is 4.54. The number of amides is 1. The molecule has 0 aliphatic heterocycles. The van der Waals surface area contributed by atoms with Crippen molar-refractivity contribution in [2.24, 2.45) is 5.73 Å². The molecule has 2 aromatic carbocycles. The van der Waals surface area contributed by atoms with Crippen molar-refractivity contribution in [3.05, 3.63) is 64.7 Å². The smallest absolute Gasteiger partial charge is 0.248 e. The van der Waals surface area contributed by atoms with Crippen LogP contribution in [-0.4, -0.2) is 31.2 Å². The van der Waals surface area contributed by atoms with E-state index < -0.39 is 12.0 Å². The maximum atomic E-state index is 11.1. The van der Waals surface area contributed by atoms with E-state index in [1.807, 2.05) is 0 Å². The first kappa shape index (κ1) is 16.1. The van der Waals surface area contributed by atoms with Crippen molar-refractivity contribution in [3.63, 3.8) is 0 Å². The first-order valence-corrected chi connectivity index (χ1v) is 7.52. The Morgan fingerprint density at radius 2 is 1.83 bits per heavy atom. The molecule has 0 fully saturated rings. The van der Waals surface area contributed by atoms with E-state index in [1.165, 1.54) is 4.80 Å². The highest BCUT2D eigenvalue weighted by molar-refractivity contribution is 6.30. The van der Waals surface area contributed by atoms with Gasteiger partial charge in [0.1, 0.15) is 6.10 Å². The maximum absolute atomic E-state index is 11.1. The summed E-state index contributed by atoms with van der Waals surface area (Å²) in [4.78, 5) is 12.4. The number of benzene rings is 2. The maximum Gasteiger partial charge on any atom is 0.248 e. The molecule has 7 nitrogen and oxygen atoms in total. The number of carbonyl (C=O) groups excluding carboxylic acids is 1. The summed E-state index contributed by atoms with van der Waals surface area (Å²) in [5, 5.41) is 22.9. The fraction of sp³-hybridized carbons (Fsp3) is 0.125. The first-order chi connectivity index (χ1) is 11.5. The van der Waals surface area contributed by atoms with Crippen molar-refractivity contribution < 1.29 is 9.90 Å². The van der Waals surface area contributed by atoms with Crippen molar-refractivity contribution in [1.29, 1.82) is 0 Å². The van der Waals surface area contributed by atoms with E-state index in [1.54, 1.807) is 48.5 Å². The molecule has 1 aromatic heterocycles. The predicted molar refractivity (Wildman–Crippen MR) is 88.2 cm³/mol. The van der Waals surface area contributed by atoms with Crippen LogP contribution >= 0.6 is 11.6 Å². The van der Waals surface area contributed by atoms with Crippen LogP contribution in [0.4, 0.5) is 0 Å². The Morgan fingerprint density at radius 1 is 1.17 bits per heavy atom. The lowest BCUT2D eigenvalue weighted by Gasteiger charge is -2.09. The highest BCUT2D eigenvalue weighted by atomic mass is 35.5. The third kappa shape index (κ3) is 3.58. The van der Waals surface area contributed by atoms with Crippen LogP contribution in [0.1, 0.15) is 22.0 Å². The van der Waals surface area contributed by atoms with Crippen LogP contribution in [0, 0.1) is 0 Å². The molecule has 1 atom stereocenters. The highest BCUT2D eigenvalue weighted by Gasteiger charge is 2.12. The van der Waals surface area contributed by atoms with Gasteiger partial charge in [-0.2, -0.15) is 4.80 Å². The zero-order valence-electron chi connectivity index (χ0n) is 12.5. The number of aliphatic hydroxyl groups is 1. The summed E-state index contributed by atoms with van der Waals surface area (Å²) in [5.74, 6) is -0.0985. The zero-order valence-corrected chi connectivity index (χ0v) is 13.3. The van der Waals surface area contributed by atoms with Gasteiger partial charge in [-0.25, -0.2) is 0 Å². The summed E-state index contributed by atoms with van der Waals surface area (Å²) in [6.45, 7) is 0.161. The van der Waals surface area contributed by atoms with Gasteiger partial charge in [0.2, 0.25) is 11.7 Å². The second-order valence-electron chi connectivity index (χ2n) is 5.18. The quantitative estimate of drug-likeness (QED) is 0.734. The van der Waals surface area contributed by atoms with Crippen molar-refractivity contribution in [2.75, 3.05) is 0 Å². The lowest BCUT2D eigenvalue weighted by Crippen LogP contribution is -2.11. The van der Waals surface area contributed by atoms with E-state index >= 15 is 0 Å². The van der Waals surface area contributed by atoms with Crippen LogP contribution in [0.15, 0.2) is 48.5 Å². The molecule has 1 unspecified atom stereocenters. The molecule has 24 heavy (non-hydrogen) atoms. The third-order valence-electron chi connectivity index (χ3n) is 3.47. The van der Waals surface area contributed by atoms with E-state index in [9.17, 15) is 9.90 Å². The second kappa shape index (κ2) is 6.77. The number of hydrogen-bond donors (Lipinski definition) is 2. The molecule has 1 amide bonds. The van der Waals surface area contributed by atoms with Gasteiger partial charge in [-0.15, -0.1) is 10.2 Å². The molecule has 0 saturated heterocycles. The Hall–Kier alpha value is -2.77. The molecule has 0 saturated carbocycles. The molecule has 0 bridgehead atoms. The summed E-state index contributed by atoms with van der Waals surface area (Å²) in [6.07, 6.45) is -0.776. The van der Waals surface area contributed by atoms with Gasteiger partial charge in [-0.1, -0.05) is 35.9 Å². The minimum absolute atomic E-state index is 0.161. The summed E-state index contributed by atoms with van der Waals surface area (Å²) in [5.41, 5.74) is 7.02. The van der Waals surface area contributed by atoms with Crippen LogP contribution < -0.4 is 5.73 Å². The minimum atomic E-state index is -0.776. The summed E-state index contributed by atoms with van der Waals surface area (Å²) in [6, 6.07) is 13.5. The van der Waals surface area contributed by atoms with Crippen molar-refractivity contribution in [1.82, 2.24) is 20.2 Å². The highest BCUT2D eigenvalue weighted by Crippen LogP contribution is 2.18. The van der Waals surface area contributed by atoms with Crippen molar-refractivity contribution in [2.45, 2.75) is 12.6 Å². The molecule has 0 aliphatic carbocycles. The lowest BCUT2D eigenvalue weighted by atomic mass is 10.1. The van der Waals surface area contributed by atoms with Crippen LogP contribution in [0.3, 0.4) is 0 Å². The van der Waals surface area contributed by atoms with Gasteiger partial charge in [0.15, 0.2) is 0 Å². The van der Waals surface area contributed by atoms with Crippen molar-refractivity contribution in [3.8, 4) is 11.4 Å².